The van der Waals surface area contributed by atoms with E-state index in [0.29, 0.717) is 11.7 Å². The van der Waals surface area contributed by atoms with E-state index >= 15 is 0 Å². The van der Waals surface area contributed by atoms with Gasteiger partial charge in [-0.05, 0) is 19.0 Å². The molecule has 1 aromatic heterocycles. The second kappa shape index (κ2) is 9.52. The van der Waals surface area contributed by atoms with E-state index in [0.717, 1.165) is 25.3 Å². The molecule has 2 heterocycles. The monoisotopic (exact) mass is 320 g/mol. The number of nitrogens with one attached hydrogen (secondary N) is 2. The Hall–Kier alpha value is -1.37. The van der Waals surface area contributed by atoms with Crippen molar-refractivity contribution in [3.05, 3.63) is 24.2 Å². The smallest absolute Gasteiger partial charge is 0.330 e. The molecule has 112 valence electrons. The average Bonchev–Trinajstić information content (AvgIpc) is 2.90. The molecule has 2 N–H and O–H groups in total. The van der Waals surface area contributed by atoms with Gasteiger partial charge in [0.05, 0.1) is 25.2 Å². The number of methoxy groups -OCH3 is 1. The van der Waals surface area contributed by atoms with E-state index in [2.05, 4.69) is 25.3 Å². The van der Waals surface area contributed by atoms with Crippen molar-refractivity contribution >= 4 is 42.7 Å². The van der Waals surface area contributed by atoms with Crippen LogP contribution in [0.5, 0.6) is 0 Å². The first-order valence-electron chi connectivity index (χ1n) is 5.83. The molecule has 0 radical (unpaired) electrons. The van der Waals surface area contributed by atoms with Gasteiger partial charge in [-0.3, -0.25) is 4.98 Å². The molecule has 1 aliphatic rings. The molecule has 1 fully saturated rings. The van der Waals surface area contributed by atoms with Crippen molar-refractivity contribution in [2.45, 2.75) is 12.5 Å². The van der Waals surface area contributed by atoms with Gasteiger partial charge in [-0.2, -0.15) is 0 Å². The van der Waals surface area contributed by atoms with Crippen LogP contribution in [0.25, 0.3) is 6.08 Å². The first-order valence-corrected chi connectivity index (χ1v) is 5.83. The lowest BCUT2D eigenvalue weighted by atomic mass is 10.2. The second-order valence-electron chi connectivity index (χ2n) is 4.02. The highest BCUT2D eigenvalue weighted by Gasteiger charge is 2.14. The Bertz CT molecular complexity index is 434. The van der Waals surface area contributed by atoms with Crippen LogP contribution in [-0.2, 0) is 9.53 Å². The van der Waals surface area contributed by atoms with Crippen molar-refractivity contribution in [3.63, 3.8) is 0 Å². The predicted molar refractivity (Wildman–Crippen MR) is 82.5 cm³/mol. The Morgan fingerprint density at radius 1 is 1.45 bits per heavy atom. The fourth-order valence-corrected chi connectivity index (χ4v) is 1.71. The van der Waals surface area contributed by atoms with Crippen LogP contribution in [0.2, 0.25) is 0 Å². The molecule has 0 aromatic carbocycles. The third-order valence-corrected chi connectivity index (χ3v) is 2.68. The van der Waals surface area contributed by atoms with Crippen LogP contribution in [-0.4, -0.2) is 42.2 Å². The SMILES string of the molecule is COC(=O)/C=C/c1cnc(N[C@@H]2CCNC2)cn1.Cl.Cl. The first-order chi connectivity index (χ1) is 8.78. The molecular formula is C12H18Cl2N4O2. The maximum atomic E-state index is 10.9. The lowest BCUT2D eigenvalue weighted by Crippen LogP contribution is -2.22. The lowest BCUT2D eigenvalue weighted by molar-refractivity contribution is -0.134. The molecule has 20 heavy (non-hydrogen) atoms. The molecule has 8 heteroatoms. The minimum Gasteiger partial charge on any atom is -0.466 e. The summed E-state index contributed by atoms with van der Waals surface area (Å²) in [4.78, 5) is 19.3. The number of nitrogens with zero attached hydrogens (tertiary/aromatic N) is 2. The van der Waals surface area contributed by atoms with Gasteiger partial charge in [0, 0.05) is 18.7 Å². The highest BCUT2D eigenvalue weighted by molar-refractivity contribution is 5.86. The highest BCUT2D eigenvalue weighted by Crippen LogP contribution is 2.08. The Morgan fingerprint density at radius 3 is 2.80 bits per heavy atom. The number of halogens is 2. The van der Waals surface area contributed by atoms with Crippen LogP contribution in [0.15, 0.2) is 18.5 Å². The number of carbonyl (C=O) groups is 1. The van der Waals surface area contributed by atoms with E-state index in [-0.39, 0.29) is 24.8 Å². The second-order valence-corrected chi connectivity index (χ2v) is 4.02. The van der Waals surface area contributed by atoms with Crippen LogP contribution < -0.4 is 10.6 Å². The molecular weight excluding hydrogens is 303 g/mol. The maximum absolute atomic E-state index is 10.9. The minimum atomic E-state index is -0.406. The average molecular weight is 321 g/mol. The zero-order valence-corrected chi connectivity index (χ0v) is 12.7. The van der Waals surface area contributed by atoms with Crippen molar-refractivity contribution in [3.8, 4) is 0 Å². The van der Waals surface area contributed by atoms with E-state index in [1.807, 2.05) is 0 Å². The number of anilines is 1. The van der Waals surface area contributed by atoms with Gasteiger partial charge in [-0.25, -0.2) is 9.78 Å². The van der Waals surface area contributed by atoms with Gasteiger partial charge in [0.15, 0.2) is 0 Å². The molecule has 0 spiro atoms. The Balaban J connectivity index is 0.00000180. The zero-order valence-electron chi connectivity index (χ0n) is 11.0. The van der Waals surface area contributed by atoms with Crippen molar-refractivity contribution in [1.82, 2.24) is 15.3 Å². The van der Waals surface area contributed by atoms with Crippen molar-refractivity contribution < 1.29 is 9.53 Å². The highest BCUT2D eigenvalue weighted by atomic mass is 35.5. The van der Waals surface area contributed by atoms with E-state index in [1.54, 1.807) is 18.5 Å². The summed E-state index contributed by atoms with van der Waals surface area (Å²) in [5.41, 5.74) is 0.621. The van der Waals surface area contributed by atoms with Gasteiger partial charge >= 0.3 is 5.97 Å². The van der Waals surface area contributed by atoms with E-state index in [9.17, 15) is 4.79 Å². The third kappa shape index (κ3) is 5.73. The number of rotatable bonds is 4. The molecule has 0 amide bonds. The van der Waals surface area contributed by atoms with Crippen molar-refractivity contribution in [2.24, 2.45) is 0 Å². The Kier molecular flexibility index (Phi) is 8.87. The number of carbonyl (C=O) groups excluding carboxylic acids is 1. The molecule has 1 atom stereocenters. The summed E-state index contributed by atoms with van der Waals surface area (Å²) in [5, 5.41) is 6.56. The number of aromatic nitrogens is 2. The molecule has 6 nitrogen and oxygen atoms in total. The summed E-state index contributed by atoms with van der Waals surface area (Å²) in [6.45, 7) is 1.98. The summed E-state index contributed by atoms with van der Waals surface area (Å²) in [6.07, 6.45) is 7.25. The fourth-order valence-electron chi connectivity index (χ4n) is 1.71. The Morgan fingerprint density at radius 2 is 2.25 bits per heavy atom. The summed E-state index contributed by atoms with van der Waals surface area (Å²) in [5.74, 6) is 0.343. The number of esters is 1. The van der Waals surface area contributed by atoms with Crippen LogP contribution in [0.1, 0.15) is 12.1 Å². The van der Waals surface area contributed by atoms with Crippen molar-refractivity contribution in [1.29, 1.82) is 0 Å². The number of hydrogen-bond acceptors (Lipinski definition) is 6. The van der Waals surface area contributed by atoms with Crippen LogP contribution >= 0.6 is 24.8 Å². The number of ether oxygens (including phenoxy) is 1. The quantitative estimate of drug-likeness (QED) is 0.643. The molecule has 1 saturated heterocycles. The fraction of sp³-hybridized carbons (Fsp3) is 0.417. The van der Waals surface area contributed by atoms with Gasteiger partial charge < -0.3 is 15.4 Å². The van der Waals surface area contributed by atoms with E-state index in [4.69, 9.17) is 0 Å². The predicted octanol–water partition coefficient (Wildman–Crippen LogP) is 1.28. The minimum absolute atomic E-state index is 0. The Labute approximate surface area is 130 Å². The molecule has 0 unspecified atom stereocenters. The van der Waals surface area contributed by atoms with Crippen LogP contribution in [0.4, 0.5) is 5.82 Å². The molecule has 2 rings (SSSR count). The van der Waals surface area contributed by atoms with Crippen LogP contribution in [0, 0.1) is 0 Å². The topological polar surface area (TPSA) is 76.1 Å². The summed E-state index contributed by atoms with van der Waals surface area (Å²) in [6, 6.07) is 0.413. The summed E-state index contributed by atoms with van der Waals surface area (Å²) in [7, 11) is 1.33. The lowest BCUT2D eigenvalue weighted by Gasteiger charge is -2.11. The molecule has 0 bridgehead atoms. The van der Waals surface area contributed by atoms with E-state index in [1.165, 1.54) is 13.2 Å². The number of hydrogen-bond donors (Lipinski definition) is 2. The zero-order chi connectivity index (χ0) is 12.8. The third-order valence-electron chi connectivity index (χ3n) is 2.68. The van der Waals surface area contributed by atoms with Gasteiger partial charge in [0.2, 0.25) is 0 Å². The van der Waals surface area contributed by atoms with E-state index < -0.39 is 5.97 Å². The van der Waals surface area contributed by atoms with Crippen molar-refractivity contribution in [2.75, 3.05) is 25.5 Å². The van der Waals surface area contributed by atoms with Gasteiger partial charge in [0.1, 0.15) is 5.82 Å². The maximum Gasteiger partial charge on any atom is 0.330 e. The molecule has 1 aliphatic heterocycles. The largest absolute Gasteiger partial charge is 0.466 e. The molecule has 0 saturated carbocycles. The first kappa shape index (κ1) is 18.6. The summed E-state index contributed by atoms with van der Waals surface area (Å²) < 4.78 is 4.49. The normalized spacial score (nSPS) is 17.1. The standard InChI is InChI=1S/C12H16N4O2.2ClH/c1-18-12(17)3-2-9-7-15-11(8-14-9)16-10-4-5-13-6-10;;/h2-3,7-8,10,13H,4-6H2,1H3,(H,15,16);2*1H/b3-2+;;/t10-;;/m1../s1. The van der Waals surface area contributed by atoms with Crippen LogP contribution in [0.3, 0.4) is 0 Å². The summed E-state index contributed by atoms with van der Waals surface area (Å²) >= 11 is 0. The van der Waals surface area contributed by atoms with Gasteiger partial charge in [0.25, 0.3) is 0 Å². The molecule has 0 aliphatic carbocycles. The molecule has 1 aromatic rings. The van der Waals surface area contributed by atoms with Gasteiger partial charge in [-0.1, -0.05) is 0 Å². The van der Waals surface area contributed by atoms with Gasteiger partial charge in [-0.15, -0.1) is 24.8 Å².